The van der Waals surface area contributed by atoms with Crippen LogP contribution in [0.25, 0.3) is 0 Å². The number of ether oxygens (including phenoxy) is 1. The molecule has 0 radical (unpaired) electrons. The van der Waals surface area contributed by atoms with Crippen LogP contribution in [0.4, 0.5) is 4.39 Å². The summed E-state index contributed by atoms with van der Waals surface area (Å²) in [6.07, 6.45) is 0.283. The Morgan fingerprint density at radius 2 is 2.29 bits per heavy atom. The molecule has 0 spiro atoms. The van der Waals surface area contributed by atoms with Crippen LogP contribution in [0.5, 0.6) is 0 Å². The zero-order valence-corrected chi connectivity index (χ0v) is 9.18. The highest BCUT2D eigenvalue weighted by atomic mass is 79.9. The smallest absolute Gasteiger partial charge is 0.137 e. The monoisotopic (exact) mass is 259 g/mol. The maximum absolute atomic E-state index is 13.1. The average molecular weight is 260 g/mol. The molecule has 2 rings (SSSR count). The van der Waals surface area contributed by atoms with Crippen molar-refractivity contribution in [3.63, 3.8) is 0 Å². The first-order valence-corrected chi connectivity index (χ1v) is 5.32. The van der Waals surface area contributed by atoms with Gasteiger partial charge in [0, 0.05) is 13.1 Å². The Morgan fingerprint density at radius 1 is 1.50 bits per heavy atom. The molecule has 1 fully saturated rings. The van der Waals surface area contributed by atoms with Gasteiger partial charge in [-0.2, -0.15) is 0 Å². The fourth-order valence-corrected chi connectivity index (χ4v) is 1.63. The van der Waals surface area contributed by atoms with E-state index in [4.69, 9.17) is 4.74 Å². The molecule has 1 aliphatic heterocycles. The molecule has 76 valence electrons. The van der Waals surface area contributed by atoms with Gasteiger partial charge >= 0.3 is 0 Å². The number of hydrogen-bond acceptors (Lipinski definition) is 2. The molecular weight excluding hydrogens is 249 g/mol. The molecule has 0 amide bonds. The minimum Gasteiger partial charge on any atom is -0.371 e. The van der Waals surface area contributed by atoms with Gasteiger partial charge in [0.25, 0.3) is 0 Å². The summed E-state index contributed by atoms with van der Waals surface area (Å²) in [4.78, 5) is 0. The Labute approximate surface area is 90.6 Å². The van der Waals surface area contributed by atoms with Gasteiger partial charge < -0.3 is 10.1 Å². The molecule has 2 nitrogen and oxygen atoms in total. The van der Waals surface area contributed by atoms with Crippen molar-refractivity contribution in [2.75, 3.05) is 13.1 Å². The van der Waals surface area contributed by atoms with Crippen LogP contribution < -0.4 is 5.32 Å². The molecule has 0 unspecified atom stereocenters. The Hall–Kier alpha value is -0.450. The van der Waals surface area contributed by atoms with E-state index in [1.54, 1.807) is 6.07 Å². The van der Waals surface area contributed by atoms with Crippen molar-refractivity contribution in [1.82, 2.24) is 5.32 Å². The third-order valence-corrected chi connectivity index (χ3v) is 3.14. The zero-order valence-electron chi connectivity index (χ0n) is 7.59. The Morgan fingerprint density at radius 3 is 2.93 bits per heavy atom. The largest absolute Gasteiger partial charge is 0.371 e. The van der Waals surface area contributed by atoms with Crippen LogP contribution in [0.1, 0.15) is 5.56 Å². The fourth-order valence-electron chi connectivity index (χ4n) is 1.25. The Balaban J connectivity index is 1.97. The molecule has 1 heterocycles. The minimum atomic E-state index is -0.238. The van der Waals surface area contributed by atoms with E-state index in [0.29, 0.717) is 11.1 Å². The summed E-state index contributed by atoms with van der Waals surface area (Å²) in [5, 5.41) is 3.11. The first-order chi connectivity index (χ1) is 6.77. The van der Waals surface area contributed by atoms with Crippen LogP contribution in [0, 0.1) is 5.82 Å². The second kappa shape index (κ2) is 4.38. The summed E-state index contributed by atoms with van der Waals surface area (Å²) in [7, 11) is 0. The summed E-state index contributed by atoms with van der Waals surface area (Å²) in [6.45, 7) is 2.25. The highest BCUT2D eigenvalue weighted by molar-refractivity contribution is 9.10. The Kier molecular flexibility index (Phi) is 3.15. The zero-order chi connectivity index (χ0) is 9.97. The van der Waals surface area contributed by atoms with Crippen molar-refractivity contribution in [2.24, 2.45) is 0 Å². The van der Waals surface area contributed by atoms with Crippen LogP contribution in [0.3, 0.4) is 0 Å². The maximum atomic E-state index is 13.1. The first-order valence-electron chi connectivity index (χ1n) is 4.52. The lowest BCUT2D eigenvalue weighted by Gasteiger charge is -2.27. The van der Waals surface area contributed by atoms with Crippen molar-refractivity contribution in [2.45, 2.75) is 12.7 Å². The predicted octanol–water partition coefficient (Wildman–Crippen LogP) is 2.08. The fraction of sp³-hybridized carbons (Fsp3) is 0.400. The molecule has 0 aliphatic carbocycles. The number of benzene rings is 1. The molecule has 1 aliphatic rings. The van der Waals surface area contributed by atoms with Gasteiger partial charge in [-0.15, -0.1) is 0 Å². The van der Waals surface area contributed by atoms with E-state index in [2.05, 4.69) is 21.2 Å². The van der Waals surface area contributed by atoms with E-state index in [9.17, 15) is 4.39 Å². The van der Waals surface area contributed by atoms with Crippen LogP contribution in [-0.4, -0.2) is 19.2 Å². The third kappa shape index (κ3) is 2.13. The van der Waals surface area contributed by atoms with Gasteiger partial charge in [-0.05, 0) is 27.6 Å². The second-order valence-electron chi connectivity index (χ2n) is 3.30. The van der Waals surface area contributed by atoms with Crippen molar-refractivity contribution in [1.29, 1.82) is 0 Å². The molecule has 1 N–H and O–H groups in total. The van der Waals surface area contributed by atoms with Gasteiger partial charge in [-0.25, -0.2) is 4.39 Å². The lowest BCUT2D eigenvalue weighted by molar-refractivity contribution is 0.00722. The normalized spacial score (nSPS) is 16.7. The molecule has 4 heteroatoms. The van der Waals surface area contributed by atoms with Gasteiger partial charge in [0.15, 0.2) is 0 Å². The van der Waals surface area contributed by atoms with E-state index >= 15 is 0 Å². The van der Waals surface area contributed by atoms with Crippen LogP contribution in [0.15, 0.2) is 22.7 Å². The second-order valence-corrected chi connectivity index (χ2v) is 4.10. The maximum Gasteiger partial charge on any atom is 0.137 e. The molecule has 1 aromatic rings. The van der Waals surface area contributed by atoms with Crippen molar-refractivity contribution < 1.29 is 9.13 Å². The van der Waals surface area contributed by atoms with Gasteiger partial charge in [0.2, 0.25) is 0 Å². The lowest BCUT2D eigenvalue weighted by atomic mass is 10.2. The summed E-state index contributed by atoms with van der Waals surface area (Å²) < 4.78 is 19.1. The molecule has 14 heavy (non-hydrogen) atoms. The number of halogens is 2. The van der Waals surface area contributed by atoms with Gasteiger partial charge in [-0.1, -0.05) is 12.1 Å². The molecule has 1 aromatic carbocycles. The minimum absolute atomic E-state index is 0.238. The van der Waals surface area contributed by atoms with Crippen molar-refractivity contribution in [3.05, 3.63) is 34.1 Å². The first kappa shape index (κ1) is 10.1. The summed E-state index contributed by atoms with van der Waals surface area (Å²) in [5.74, 6) is -0.238. The summed E-state index contributed by atoms with van der Waals surface area (Å²) >= 11 is 3.20. The van der Waals surface area contributed by atoms with E-state index in [-0.39, 0.29) is 11.9 Å². The van der Waals surface area contributed by atoms with E-state index in [1.807, 2.05) is 6.07 Å². The number of rotatable bonds is 3. The molecule has 0 aromatic heterocycles. The van der Waals surface area contributed by atoms with Crippen LogP contribution in [-0.2, 0) is 11.3 Å². The van der Waals surface area contributed by atoms with Gasteiger partial charge in [0.05, 0.1) is 17.2 Å². The Bertz CT molecular complexity index is 328. The molecule has 1 saturated heterocycles. The molecule has 0 saturated carbocycles. The topological polar surface area (TPSA) is 21.3 Å². The highest BCUT2D eigenvalue weighted by Crippen LogP contribution is 2.21. The van der Waals surface area contributed by atoms with E-state index in [1.165, 1.54) is 6.07 Å². The predicted molar refractivity (Wildman–Crippen MR) is 55.5 cm³/mol. The summed E-state index contributed by atoms with van der Waals surface area (Å²) in [6, 6.07) is 4.98. The van der Waals surface area contributed by atoms with Crippen molar-refractivity contribution >= 4 is 15.9 Å². The highest BCUT2D eigenvalue weighted by Gasteiger charge is 2.17. The van der Waals surface area contributed by atoms with Gasteiger partial charge in [0.1, 0.15) is 5.82 Å². The standard InChI is InChI=1S/C10H11BrFNO/c11-10-7(2-1-3-9(10)12)6-14-8-4-13-5-8/h1-3,8,13H,4-6H2. The quantitative estimate of drug-likeness (QED) is 0.898. The van der Waals surface area contributed by atoms with E-state index in [0.717, 1.165) is 18.7 Å². The average Bonchev–Trinajstić information content (AvgIpc) is 2.09. The molecule has 0 atom stereocenters. The lowest BCUT2D eigenvalue weighted by Crippen LogP contribution is -2.48. The van der Waals surface area contributed by atoms with Crippen molar-refractivity contribution in [3.8, 4) is 0 Å². The summed E-state index contributed by atoms with van der Waals surface area (Å²) in [5.41, 5.74) is 0.858. The third-order valence-electron chi connectivity index (χ3n) is 2.25. The SMILES string of the molecule is Fc1cccc(COC2CNC2)c1Br. The number of nitrogens with one attached hydrogen (secondary N) is 1. The van der Waals surface area contributed by atoms with Crippen LogP contribution >= 0.6 is 15.9 Å². The molecule has 0 bridgehead atoms. The van der Waals surface area contributed by atoms with E-state index < -0.39 is 0 Å². The van der Waals surface area contributed by atoms with Gasteiger partial charge in [-0.3, -0.25) is 0 Å². The molecular formula is C10H11BrFNO. The van der Waals surface area contributed by atoms with Crippen LogP contribution in [0.2, 0.25) is 0 Å². The number of hydrogen-bond donors (Lipinski definition) is 1.